The van der Waals surface area contributed by atoms with E-state index in [9.17, 15) is 8.60 Å². The van der Waals surface area contributed by atoms with Crippen molar-refractivity contribution in [2.45, 2.75) is 12.7 Å². The Morgan fingerprint density at radius 2 is 1.65 bits per heavy atom. The molecule has 3 rings (SSSR count). The molecular formula is C18H16FNO2S. The Hall–Kier alpha value is -2.24. The van der Waals surface area contributed by atoms with Crippen molar-refractivity contribution in [1.29, 1.82) is 0 Å². The molecule has 1 aromatic heterocycles. The number of rotatable bonds is 4. The quantitative estimate of drug-likeness (QED) is 0.725. The second-order valence-corrected chi connectivity index (χ2v) is 6.27. The normalized spacial score (nSPS) is 12.3. The van der Waals surface area contributed by atoms with Gasteiger partial charge in [-0.3, -0.25) is 0 Å². The first-order valence-corrected chi connectivity index (χ1v) is 8.43. The van der Waals surface area contributed by atoms with Crippen LogP contribution in [0.1, 0.15) is 11.3 Å². The minimum atomic E-state index is -1.84. The number of aryl methyl sites for hydroxylation is 1. The smallest absolute Gasteiger partial charge is 0.157 e. The van der Waals surface area contributed by atoms with E-state index in [0.717, 1.165) is 28.2 Å². The highest BCUT2D eigenvalue weighted by molar-refractivity contribution is 7.78. The summed E-state index contributed by atoms with van der Waals surface area (Å²) in [6.45, 7) is 2.00. The van der Waals surface area contributed by atoms with E-state index in [1.54, 1.807) is 12.1 Å². The average molecular weight is 329 g/mol. The Morgan fingerprint density at radius 1 is 1.00 bits per heavy atom. The molecule has 1 N–H and O–H groups in total. The van der Waals surface area contributed by atoms with Gasteiger partial charge in [0.1, 0.15) is 5.82 Å². The van der Waals surface area contributed by atoms with Crippen LogP contribution < -0.4 is 0 Å². The van der Waals surface area contributed by atoms with Crippen molar-refractivity contribution in [2.24, 2.45) is 0 Å². The molecule has 0 fully saturated rings. The zero-order valence-electron chi connectivity index (χ0n) is 12.6. The van der Waals surface area contributed by atoms with Crippen molar-refractivity contribution < 1.29 is 13.2 Å². The summed E-state index contributed by atoms with van der Waals surface area (Å²) in [4.78, 5) is 0. The summed E-state index contributed by atoms with van der Waals surface area (Å²) in [5, 5.41) is 0. The van der Waals surface area contributed by atoms with Gasteiger partial charge in [-0.1, -0.05) is 24.3 Å². The van der Waals surface area contributed by atoms with Gasteiger partial charge in [-0.2, -0.15) is 0 Å². The van der Waals surface area contributed by atoms with Gasteiger partial charge in [0, 0.05) is 11.4 Å². The molecule has 118 valence electrons. The molecular weight excluding hydrogens is 313 g/mol. The van der Waals surface area contributed by atoms with Gasteiger partial charge in [0.2, 0.25) is 0 Å². The summed E-state index contributed by atoms with van der Waals surface area (Å²) in [5.74, 6) is -0.139. The third kappa shape index (κ3) is 3.41. The van der Waals surface area contributed by atoms with Crippen LogP contribution in [0.2, 0.25) is 0 Å². The number of halogens is 1. The van der Waals surface area contributed by atoms with E-state index in [0.29, 0.717) is 0 Å². The van der Waals surface area contributed by atoms with Gasteiger partial charge in [-0.15, -0.1) is 0 Å². The number of hydrogen-bond donors (Lipinski definition) is 1. The summed E-state index contributed by atoms with van der Waals surface area (Å²) in [6.07, 6.45) is 0. The number of aromatic nitrogens is 1. The predicted molar refractivity (Wildman–Crippen MR) is 90.4 cm³/mol. The monoisotopic (exact) mass is 329 g/mol. The van der Waals surface area contributed by atoms with Gasteiger partial charge in [0.25, 0.3) is 0 Å². The van der Waals surface area contributed by atoms with Crippen LogP contribution in [0.25, 0.3) is 16.9 Å². The van der Waals surface area contributed by atoms with Gasteiger partial charge in [-0.05, 0) is 54.4 Å². The van der Waals surface area contributed by atoms with Crippen LogP contribution in [-0.2, 0) is 16.8 Å². The molecule has 23 heavy (non-hydrogen) atoms. The maximum Gasteiger partial charge on any atom is 0.157 e. The fraction of sp³-hybridized carbons (Fsp3) is 0.111. The number of benzene rings is 2. The maximum absolute atomic E-state index is 13.1. The largest absolute Gasteiger partial charge is 0.314 e. The first-order valence-electron chi connectivity index (χ1n) is 7.15. The second-order valence-electron chi connectivity index (χ2n) is 5.33. The molecule has 3 nitrogen and oxygen atoms in total. The number of nitrogens with zero attached hydrogens (tertiary/aromatic N) is 1. The van der Waals surface area contributed by atoms with E-state index in [-0.39, 0.29) is 11.6 Å². The van der Waals surface area contributed by atoms with Gasteiger partial charge < -0.3 is 9.12 Å². The first kappa shape index (κ1) is 15.6. The molecule has 0 spiro atoms. The van der Waals surface area contributed by atoms with Crippen molar-refractivity contribution >= 4 is 11.1 Å². The molecule has 2 aromatic carbocycles. The fourth-order valence-corrected chi connectivity index (χ4v) is 3.09. The summed E-state index contributed by atoms with van der Waals surface area (Å²) in [6, 6.07) is 17.9. The topological polar surface area (TPSA) is 42.2 Å². The summed E-state index contributed by atoms with van der Waals surface area (Å²) in [5.41, 5.74) is 4.74. The molecule has 5 heteroatoms. The lowest BCUT2D eigenvalue weighted by Gasteiger charge is -2.12. The average Bonchev–Trinajstić information content (AvgIpc) is 2.90. The van der Waals surface area contributed by atoms with Gasteiger partial charge in [0.05, 0.1) is 11.4 Å². The molecule has 0 saturated carbocycles. The molecule has 1 unspecified atom stereocenters. The van der Waals surface area contributed by atoms with Crippen LogP contribution in [0.4, 0.5) is 4.39 Å². The van der Waals surface area contributed by atoms with Gasteiger partial charge >= 0.3 is 0 Å². The lowest BCUT2D eigenvalue weighted by molar-refractivity contribution is 0.563. The summed E-state index contributed by atoms with van der Waals surface area (Å²) in [7, 11) is 0. The zero-order valence-corrected chi connectivity index (χ0v) is 13.4. The van der Waals surface area contributed by atoms with Crippen molar-refractivity contribution in [3.8, 4) is 16.9 Å². The Balaban J connectivity index is 2.01. The van der Waals surface area contributed by atoms with E-state index >= 15 is 0 Å². The molecule has 0 bridgehead atoms. The molecule has 0 saturated heterocycles. The minimum Gasteiger partial charge on any atom is -0.314 e. The van der Waals surface area contributed by atoms with Crippen molar-refractivity contribution in [3.05, 3.63) is 77.7 Å². The molecule has 0 aliphatic carbocycles. The zero-order chi connectivity index (χ0) is 16.4. The van der Waals surface area contributed by atoms with Crippen LogP contribution in [0, 0.1) is 12.7 Å². The van der Waals surface area contributed by atoms with Crippen molar-refractivity contribution in [1.82, 2.24) is 4.57 Å². The summed E-state index contributed by atoms with van der Waals surface area (Å²) < 4.78 is 35.0. The Morgan fingerprint density at radius 3 is 2.26 bits per heavy atom. The highest BCUT2D eigenvalue weighted by Crippen LogP contribution is 2.27. The van der Waals surface area contributed by atoms with Crippen molar-refractivity contribution in [2.75, 3.05) is 0 Å². The van der Waals surface area contributed by atoms with E-state index < -0.39 is 11.1 Å². The molecule has 0 radical (unpaired) electrons. The lowest BCUT2D eigenvalue weighted by atomic mass is 10.1. The Labute approximate surface area is 136 Å². The van der Waals surface area contributed by atoms with E-state index in [4.69, 9.17) is 4.55 Å². The van der Waals surface area contributed by atoms with Crippen LogP contribution in [0.15, 0.2) is 60.7 Å². The van der Waals surface area contributed by atoms with Crippen LogP contribution in [0.3, 0.4) is 0 Å². The Kier molecular flexibility index (Phi) is 4.41. The second kappa shape index (κ2) is 6.48. The molecule has 1 heterocycles. The van der Waals surface area contributed by atoms with Crippen LogP contribution in [0.5, 0.6) is 0 Å². The molecule has 0 aliphatic rings. The molecule has 3 aromatic rings. The third-order valence-electron chi connectivity index (χ3n) is 3.70. The molecule has 1 atom stereocenters. The molecule has 0 aliphatic heterocycles. The maximum atomic E-state index is 13.1. The fourth-order valence-electron chi connectivity index (χ4n) is 2.61. The van der Waals surface area contributed by atoms with Gasteiger partial charge in [0.15, 0.2) is 11.1 Å². The van der Waals surface area contributed by atoms with Crippen LogP contribution in [-0.4, -0.2) is 13.3 Å². The van der Waals surface area contributed by atoms with E-state index in [1.807, 2.05) is 43.3 Å². The highest BCUT2D eigenvalue weighted by Gasteiger charge is 2.10. The summed E-state index contributed by atoms with van der Waals surface area (Å²) >= 11 is -1.84. The van der Waals surface area contributed by atoms with Gasteiger partial charge in [-0.25, -0.2) is 8.60 Å². The molecule has 0 amide bonds. The first-order chi connectivity index (χ1) is 11.0. The van der Waals surface area contributed by atoms with E-state index in [1.165, 1.54) is 12.1 Å². The third-order valence-corrected chi connectivity index (χ3v) is 4.28. The van der Waals surface area contributed by atoms with Crippen LogP contribution >= 0.6 is 0 Å². The van der Waals surface area contributed by atoms with Crippen molar-refractivity contribution in [3.63, 3.8) is 0 Å². The SMILES string of the molecule is Cc1ccc(-c2ccc(CS(=O)O)cc2)n1-c1ccc(F)cc1. The van der Waals surface area contributed by atoms with E-state index in [2.05, 4.69) is 4.57 Å². The number of hydrogen-bond acceptors (Lipinski definition) is 1. The lowest BCUT2D eigenvalue weighted by Crippen LogP contribution is -1.99. The predicted octanol–water partition coefficient (Wildman–Crippen LogP) is 4.31. The Bertz CT molecular complexity index is 838. The minimum absolute atomic E-state index is 0.123. The highest BCUT2D eigenvalue weighted by atomic mass is 32.2. The standard InChI is InChI=1S/C18H16FNO2S/c1-13-2-11-18(20(13)17-9-7-16(19)8-10-17)15-5-3-14(4-6-15)12-23(21)22/h2-11H,12H2,1H3,(H,21,22).